The minimum atomic E-state index is 0. The van der Waals surface area contributed by atoms with Crippen molar-refractivity contribution in [1.82, 2.24) is 0 Å². The third-order valence-electron chi connectivity index (χ3n) is 0. The number of hydrogen-bond acceptors (Lipinski definition) is 0. The first-order chi connectivity index (χ1) is 0. The van der Waals surface area contributed by atoms with Crippen LogP contribution in [0.1, 0.15) is 0 Å². The van der Waals surface area contributed by atoms with Crippen LogP contribution in [0.15, 0.2) is 0 Å². The van der Waals surface area contributed by atoms with Gasteiger partial charge in [-0.2, -0.15) is 0 Å². The Kier molecular flexibility index (Phi) is 22700. The zero-order valence-corrected chi connectivity index (χ0v) is 2.59. The first-order valence-corrected chi connectivity index (χ1v) is 0. The monoisotopic (exact) mass is 113 g/mol. The van der Waals surface area contributed by atoms with Crippen LogP contribution in [-0.4, -0.2) is 0 Å². The van der Waals surface area contributed by atoms with Gasteiger partial charge in [-0.15, -0.1) is 0 Å². The van der Waals surface area contributed by atoms with Gasteiger partial charge in [-0.25, -0.2) is 0 Å². The van der Waals surface area contributed by atoms with Gasteiger partial charge in [-0.1, -0.05) is 0 Å². The molecular weight excluding hydrogens is 113 g/mol. The molecule has 0 N–H and O–H groups in total. The van der Waals surface area contributed by atoms with Gasteiger partial charge in [0.25, 0.3) is 0 Å². The maximum atomic E-state index is 0. The van der Waals surface area contributed by atoms with Gasteiger partial charge < -0.3 is 9.41 Å². The Labute approximate surface area is 32.2 Å². The Morgan fingerprint density at radius 1 is 0.750 bits per heavy atom. The molecule has 0 nitrogen and oxygen atoms in total. The minimum Gasteiger partial charge on any atom is -1.00 e. The molecule has 0 fully saturated rings. The molecule has 0 rings (SSSR count). The third kappa shape index (κ3) is 41.3. The standard InChI is InChI=1S/2FH.F.Fe/h2*1H;;/q;;;+2/p-2. The van der Waals surface area contributed by atoms with Crippen LogP contribution in [0.3, 0.4) is 0 Å². The van der Waals surface area contributed by atoms with Gasteiger partial charge in [-0.3, -0.25) is 0 Å². The zero-order chi connectivity index (χ0) is 0. The van der Waals surface area contributed by atoms with Crippen LogP contribution < -0.4 is 9.41 Å². The van der Waals surface area contributed by atoms with Gasteiger partial charge in [0.1, 0.15) is 0 Å². The van der Waals surface area contributed by atoms with Crippen LogP contribution in [0.25, 0.3) is 0 Å². The summed E-state index contributed by atoms with van der Waals surface area (Å²) in [5, 5.41) is 0. The van der Waals surface area contributed by atoms with Gasteiger partial charge in [0.05, 0.1) is 0 Å². The summed E-state index contributed by atoms with van der Waals surface area (Å²) in [6.07, 6.45) is 0. The van der Waals surface area contributed by atoms with E-state index in [0.717, 1.165) is 0 Å². The number of rotatable bonds is 0. The van der Waals surface area contributed by atoms with Gasteiger partial charge in [0.2, 0.25) is 0 Å². The fraction of sp³-hybridized carbons (Fsp3) is 0. The van der Waals surface area contributed by atoms with E-state index < -0.39 is 0 Å². The van der Waals surface area contributed by atoms with Crippen molar-refractivity contribution in [3.63, 3.8) is 0 Å². The Hall–Kier alpha value is 0.309. The van der Waals surface area contributed by atoms with Crippen LogP contribution in [0.4, 0.5) is 4.70 Å². The molecule has 0 amide bonds. The Bertz CT molecular complexity index is 3.25. The summed E-state index contributed by atoms with van der Waals surface area (Å²) in [6, 6.07) is 0. The Balaban J connectivity index is 0. The van der Waals surface area contributed by atoms with Crippen molar-refractivity contribution in [2.24, 2.45) is 0 Å². The molecule has 0 saturated carbocycles. The fourth-order valence-electron chi connectivity index (χ4n) is 0. The van der Waals surface area contributed by atoms with E-state index in [0.29, 0.717) is 0 Å². The van der Waals surface area contributed by atoms with E-state index in [9.17, 15) is 0 Å². The summed E-state index contributed by atoms with van der Waals surface area (Å²) in [6.45, 7) is 0. The largest absolute Gasteiger partial charge is 2.00 e. The van der Waals surface area contributed by atoms with E-state index in [4.69, 9.17) is 0 Å². The zero-order valence-electron chi connectivity index (χ0n) is 1.49. The van der Waals surface area contributed by atoms with Crippen molar-refractivity contribution in [3.8, 4) is 0 Å². The molecule has 0 aromatic rings. The minimum absolute atomic E-state index is 0. The van der Waals surface area contributed by atoms with E-state index in [1.165, 1.54) is 0 Å². The summed E-state index contributed by atoms with van der Waals surface area (Å²) >= 11 is 0. The molecule has 0 aliphatic carbocycles. The molecule has 0 aliphatic rings. The average molecular weight is 113 g/mol. The Morgan fingerprint density at radius 2 is 0.750 bits per heavy atom. The smallest absolute Gasteiger partial charge is 1.00 e. The van der Waals surface area contributed by atoms with Crippen LogP contribution >= 0.6 is 0 Å². The summed E-state index contributed by atoms with van der Waals surface area (Å²) in [5.41, 5.74) is 0. The predicted molar refractivity (Wildman–Crippen MR) is 1.11 cm³/mol. The molecule has 1 radical (unpaired) electrons. The van der Waals surface area contributed by atoms with E-state index in [1.807, 2.05) is 0 Å². The molecule has 0 bridgehead atoms. The fourth-order valence-corrected chi connectivity index (χ4v) is 0. The number of halogens is 3. The third-order valence-corrected chi connectivity index (χ3v) is 0. The van der Waals surface area contributed by atoms with Crippen LogP contribution in [0, 0.1) is 0 Å². The van der Waals surface area contributed by atoms with Gasteiger partial charge in [0.15, 0.2) is 0 Å². The second-order valence-corrected chi connectivity index (χ2v) is 0. The summed E-state index contributed by atoms with van der Waals surface area (Å²) in [5.74, 6) is 0. The van der Waals surface area contributed by atoms with Crippen molar-refractivity contribution in [2.75, 3.05) is 0 Å². The molecular formula is F3Fe. The maximum Gasteiger partial charge on any atom is 2.00 e. The molecule has 29 valence electrons. The first kappa shape index (κ1) is 493. The van der Waals surface area contributed by atoms with Crippen molar-refractivity contribution in [3.05, 3.63) is 0 Å². The Morgan fingerprint density at radius 3 is 0.750 bits per heavy atom. The predicted octanol–water partition coefficient (Wildman–Crippen LogP) is -5.57. The van der Waals surface area contributed by atoms with Gasteiger partial charge >= 0.3 is 17.1 Å². The van der Waals surface area contributed by atoms with Gasteiger partial charge in [-0.05, 0) is 0 Å². The molecule has 0 spiro atoms. The molecule has 4 heavy (non-hydrogen) atoms. The molecule has 0 aromatic carbocycles. The van der Waals surface area contributed by atoms with Crippen molar-refractivity contribution in [2.45, 2.75) is 0 Å². The number of hydrogen-bond donors (Lipinski definition) is 0. The van der Waals surface area contributed by atoms with Gasteiger partial charge in [0, 0.05) is 4.70 Å². The average Bonchev–Trinajstić information content (AvgIpc) is 0. The molecule has 0 saturated heterocycles. The van der Waals surface area contributed by atoms with E-state index in [1.54, 1.807) is 0 Å². The second-order valence-electron chi connectivity index (χ2n) is 0. The SMILES string of the molecule is [F-].[F-].[F].[Fe+2]. The second kappa shape index (κ2) is 184. The van der Waals surface area contributed by atoms with Crippen molar-refractivity contribution < 1.29 is 31.2 Å². The topological polar surface area (TPSA) is 0 Å². The normalized spacial score (nSPS) is 0. The van der Waals surface area contributed by atoms with Crippen LogP contribution in [0.5, 0.6) is 0 Å². The maximum absolute atomic E-state index is 0. The van der Waals surface area contributed by atoms with Crippen molar-refractivity contribution in [1.29, 1.82) is 0 Å². The quantitative estimate of drug-likeness (QED) is 0.275. The van der Waals surface area contributed by atoms with E-state index in [-0.39, 0.29) is 31.2 Å². The molecule has 4 heteroatoms. The molecule has 0 atom stereocenters. The van der Waals surface area contributed by atoms with E-state index in [2.05, 4.69) is 0 Å². The molecule has 0 aliphatic heterocycles. The van der Waals surface area contributed by atoms with Crippen LogP contribution in [0.2, 0.25) is 0 Å². The molecule has 0 aromatic heterocycles. The summed E-state index contributed by atoms with van der Waals surface area (Å²) < 4.78 is 0. The summed E-state index contributed by atoms with van der Waals surface area (Å²) in [4.78, 5) is 0. The molecule has 0 heterocycles. The van der Waals surface area contributed by atoms with Crippen LogP contribution in [-0.2, 0) is 17.1 Å². The summed E-state index contributed by atoms with van der Waals surface area (Å²) in [7, 11) is 0. The first-order valence-electron chi connectivity index (χ1n) is 0. The van der Waals surface area contributed by atoms with Crippen molar-refractivity contribution >= 4 is 0 Å². The molecule has 0 unspecified atom stereocenters. The van der Waals surface area contributed by atoms with E-state index >= 15 is 0 Å².